The van der Waals surface area contributed by atoms with Crippen molar-refractivity contribution >= 4 is 16.8 Å². The molecule has 0 aliphatic heterocycles. The van der Waals surface area contributed by atoms with E-state index in [4.69, 9.17) is 9.68 Å². The molecule has 1 aromatic heterocycles. The number of Topliss-reactive ketones (excluding diaryl/α,β-unsaturated/α-hetero) is 1. The van der Waals surface area contributed by atoms with Crippen LogP contribution in [0.15, 0.2) is 46.5 Å². The molecule has 0 amide bonds. The summed E-state index contributed by atoms with van der Waals surface area (Å²) < 4.78 is 5.43. The fraction of sp³-hybridized carbons (Fsp3) is 0.143. The summed E-state index contributed by atoms with van der Waals surface area (Å²) in [5.41, 5.74) is 0.696. The van der Waals surface area contributed by atoms with Gasteiger partial charge in [-0.05, 0) is 12.1 Å². The van der Waals surface area contributed by atoms with Crippen LogP contribution in [0.3, 0.4) is 0 Å². The fourth-order valence-electron chi connectivity index (χ4n) is 1.62. The van der Waals surface area contributed by atoms with Crippen LogP contribution in [-0.2, 0) is 0 Å². The second-order valence-electron chi connectivity index (χ2n) is 4.10. The van der Waals surface area contributed by atoms with Crippen LogP contribution in [-0.4, -0.2) is 24.8 Å². The summed E-state index contributed by atoms with van der Waals surface area (Å²) in [4.78, 5) is 13.7. The van der Waals surface area contributed by atoms with E-state index in [0.29, 0.717) is 5.58 Å². The zero-order valence-corrected chi connectivity index (χ0v) is 10.2. The number of nitrogens with zero attached hydrogens (tertiary/aromatic N) is 2. The number of ketones is 1. The second kappa shape index (κ2) is 4.76. The monoisotopic (exact) mass is 240 g/mol. The van der Waals surface area contributed by atoms with E-state index in [-0.39, 0.29) is 11.3 Å². The van der Waals surface area contributed by atoms with Crippen LogP contribution in [0, 0.1) is 11.3 Å². The fourth-order valence-corrected chi connectivity index (χ4v) is 1.62. The van der Waals surface area contributed by atoms with E-state index >= 15 is 0 Å². The summed E-state index contributed by atoms with van der Waals surface area (Å²) in [5.74, 6) is -0.215. The maximum atomic E-state index is 12.1. The first kappa shape index (κ1) is 11.9. The van der Waals surface area contributed by atoms with Crippen LogP contribution in [0.5, 0.6) is 0 Å². The molecule has 0 aliphatic rings. The molecule has 2 rings (SSSR count). The Labute approximate surface area is 105 Å². The third-order valence-electron chi connectivity index (χ3n) is 2.40. The van der Waals surface area contributed by atoms with E-state index in [1.165, 1.54) is 6.20 Å². The summed E-state index contributed by atoms with van der Waals surface area (Å²) >= 11 is 0. The first-order valence-corrected chi connectivity index (χ1v) is 5.43. The van der Waals surface area contributed by atoms with Gasteiger partial charge in [0.1, 0.15) is 17.2 Å². The van der Waals surface area contributed by atoms with Crippen molar-refractivity contribution in [3.8, 4) is 6.07 Å². The average Bonchev–Trinajstić information content (AvgIpc) is 2.78. The van der Waals surface area contributed by atoms with Gasteiger partial charge in [-0.3, -0.25) is 4.79 Å². The number of nitriles is 1. The average molecular weight is 240 g/mol. The Bertz CT molecular complexity index is 627. The molecule has 0 spiro atoms. The lowest BCUT2D eigenvalue weighted by Gasteiger charge is -2.04. The van der Waals surface area contributed by atoms with Crippen LogP contribution in [0.2, 0.25) is 0 Å². The molecule has 90 valence electrons. The molecule has 0 atom stereocenters. The Morgan fingerprint density at radius 1 is 1.39 bits per heavy atom. The SMILES string of the molecule is CN(C)/C=C(\C#N)C(=O)c1cc2ccccc2o1. The van der Waals surface area contributed by atoms with Gasteiger partial charge in [0.15, 0.2) is 5.76 Å². The number of hydrogen-bond donors (Lipinski definition) is 0. The van der Waals surface area contributed by atoms with Crippen molar-refractivity contribution in [1.82, 2.24) is 4.90 Å². The minimum Gasteiger partial charge on any atom is -0.453 e. The predicted octanol–water partition coefficient (Wildman–Crippen LogP) is 2.58. The van der Waals surface area contributed by atoms with E-state index in [1.54, 1.807) is 31.1 Å². The number of rotatable bonds is 3. The summed E-state index contributed by atoms with van der Waals surface area (Å²) in [6, 6.07) is 10.9. The van der Waals surface area contributed by atoms with Crippen molar-refractivity contribution in [2.75, 3.05) is 14.1 Å². The molecule has 0 fully saturated rings. The van der Waals surface area contributed by atoms with Crippen molar-refractivity contribution in [2.45, 2.75) is 0 Å². The molecule has 0 saturated carbocycles. The van der Waals surface area contributed by atoms with Gasteiger partial charge in [0.25, 0.3) is 0 Å². The summed E-state index contributed by atoms with van der Waals surface area (Å²) in [7, 11) is 3.51. The van der Waals surface area contributed by atoms with Gasteiger partial charge in [-0.25, -0.2) is 0 Å². The quantitative estimate of drug-likeness (QED) is 0.470. The largest absolute Gasteiger partial charge is 0.453 e. The molecule has 1 aromatic carbocycles. The highest BCUT2D eigenvalue weighted by molar-refractivity contribution is 6.11. The molecule has 0 unspecified atom stereocenters. The number of para-hydroxylation sites is 1. The van der Waals surface area contributed by atoms with Gasteiger partial charge >= 0.3 is 0 Å². The smallest absolute Gasteiger partial charge is 0.240 e. The van der Waals surface area contributed by atoms with E-state index in [0.717, 1.165) is 5.39 Å². The van der Waals surface area contributed by atoms with Crippen molar-refractivity contribution in [3.63, 3.8) is 0 Å². The highest BCUT2D eigenvalue weighted by Gasteiger charge is 2.17. The van der Waals surface area contributed by atoms with E-state index in [2.05, 4.69) is 0 Å². The molecule has 18 heavy (non-hydrogen) atoms. The Morgan fingerprint density at radius 2 is 2.11 bits per heavy atom. The molecular formula is C14H12N2O2. The van der Waals surface area contributed by atoms with Gasteiger partial charge in [-0.1, -0.05) is 18.2 Å². The lowest BCUT2D eigenvalue weighted by atomic mass is 10.1. The Hall–Kier alpha value is -2.54. The maximum Gasteiger partial charge on any atom is 0.240 e. The van der Waals surface area contributed by atoms with Gasteiger partial charge in [-0.15, -0.1) is 0 Å². The van der Waals surface area contributed by atoms with E-state index in [1.807, 2.05) is 24.3 Å². The molecule has 0 aliphatic carbocycles. The second-order valence-corrected chi connectivity index (χ2v) is 4.10. The number of allylic oxidation sites excluding steroid dienone is 1. The minimum absolute atomic E-state index is 0.0547. The maximum absolute atomic E-state index is 12.1. The van der Waals surface area contributed by atoms with Gasteiger partial charge in [0.05, 0.1) is 0 Å². The summed E-state index contributed by atoms with van der Waals surface area (Å²) in [5, 5.41) is 9.82. The first-order chi connectivity index (χ1) is 8.61. The third kappa shape index (κ3) is 2.25. The number of carbonyl (C=O) groups excluding carboxylic acids is 1. The zero-order chi connectivity index (χ0) is 13.1. The topological polar surface area (TPSA) is 57.2 Å². The highest BCUT2D eigenvalue weighted by Crippen LogP contribution is 2.20. The Kier molecular flexibility index (Phi) is 3.16. The summed E-state index contributed by atoms with van der Waals surface area (Å²) in [6.07, 6.45) is 1.48. The zero-order valence-electron chi connectivity index (χ0n) is 10.2. The number of benzene rings is 1. The molecule has 0 saturated heterocycles. The molecule has 4 heteroatoms. The molecule has 0 N–H and O–H groups in total. The molecule has 1 heterocycles. The van der Waals surface area contributed by atoms with Crippen LogP contribution in [0.1, 0.15) is 10.6 Å². The molecule has 0 bridgehead atoms. The Balaban J connectivity index is 2.42. The predicted molar refractivity (Wildman–Crippen MR) is 67.9 cm³/mol. The van der Waals surface area contributed by atoms with Crippen molar-refractivity contribution in [1.29, 1.82) is 5.26 Å². The van der Waals surface area contributed by atoms with Gasteiger partial charge < -0.3 is 9.32 Å². The van der Waals surface area contributed by atoms with Crippen LogP contribution >= 0.6 is 0 Å². The lowest BCUT2D eigenvalue weighted by Crippen LogP contribution is -2.08. The molecule has 2 aromatic rings. The number of hydrogen-bond acceptors (Lipinski definition) is 4. The van der Waals surface area contributed by atoms with Gasteiger partial charge in [-0.2, -0.15) is 5.26 Å². The Morgan fingerprint density at radius 3 is 2.72 bits per heavy atom. The molecule has 0 radical (unpaired) electrons. The van der Waals surface area contributed by atoms with Crippen molar-refractivity contribution in [3.05, 3.63) is 47.9 Å². The minimum atomic E-state index is -0.401. The van der Waals surface area contributed by atoms with Crippen LogP contribution in [0.4, 0.5) is 0 Å². The lowest BCUT2D eigenvalue weighted by molar-refractivity contribution is 0.101. The first-order valence-electron chi connectivity index (χ1n) is 5.43. The van der Waals surface area contributed by atoms with E-state index in [9.17, 15) is 4.79 Å². The van der Waals surface area contributed by atoms with Crippen LogP contribution in [0.25, 0.3) is 11.0 Å². The van der Waals surface area contributed by atoms with Crippen LogP contribution < -0.4 is 0 Å². The number of carbonyl (C=O) groups is 1. The molecular weight excluding hydrogens is 228 g/mol. The molecule has 4 nitrogen and oxygen atoms in total. The number of furan rings is 1. The normalized spacial score (nSPS) is 11.3. The standard InChI is InChI=1S/C14H12N2O2/c1-16(2)9-11(8-15)14(17)13-7-10-5-3-4-6-12(10)18-13/h3-7,9H,1-2H3/b11-9+. The number of fused-ring (bicyclic) bond motifs is 1. The van der Waals surface area contributed by atoms with Crippen molar-refractivity contribution < 1.29 is 9.21 Å². The van der Waals surface area contributed by atoms with E-state index < -0.39 is 5.78 Å². The third-order valence-corrected chi connectivity index (χ3v) is 2.40. The highest BCUT2D eigenvalue weighted by atomic mass is 16.3. The van der Waals surface area contributed by atoms with Gasteiger partial charge in [0.2, 0.25) is 5.78 Å². The van der Waals surface area contributed by atoms with Crippen molar-refractivity contribution in [2.24, 2.45) is 0 Å². The van der Waals surface area contributed by atoms with Gasteiger partial charge in [0, 0.05) is 25.7 Å². The summed E-state index contributed by atoms with van der Waals surface area (Å²) in [6.45, 7) is 0.